The Morgan fingerprint density at radius 1 is 1.15 bits per heavy atom. The average molecular weight is 604 g/mol. The van der Waals surface area contributed by atoms with E-state index in [4.69, 9.17) is 9.73 Å². The Hall–Kier alpha value is -3.48. The fourth-order valence-electron chi connectivity index (χ4n) is 4.62. The summed E-state index contributed by atoms with van der Waals surface area (Å²) in [6.07, 6.45) is 11.9. The highest BCUT2D eigenvalue weighted by Crippen LogP contribution is 2.99. The van der Waals surface area contributed by atoms with Gasteiger partial charge in [-0.1, -0.05) is 38.5 Å². The van der Waals surface area contributed by atoms with Gasteiger partial charge in [0.15, 0.2) is 0 Å². The lowest BCUT2D eigenvalue weighted by Crippen LogP contribution is -2.48. The number of amidine groups is 1. The molecule has 1 saturated heterocycles. The quantitative estimate of drug-likeness (QED) is 0.0881. The molecule has 1 aromatic carbocycles. The molecule has 0 radical (unpaired) electrons. The predicted octanol–water partition coefficient (Wildman–Crippen LogP) is 8.62. The van der Waals surface area contributed by atoms with Gasteiger partial charge in [0.05, 0.1) is 19.1 Å². The van der Waals surface area contributed by atoms with Crippen molar-refractivity contribution in [2.24, 2.45) is 9.98 Å². The molecule has 0 spiro atoms. The molecule has 7 nitrogen and oxygen atoms in total. The van der Waals surface area contributed by atoms with Gasteiger partial charge in [-0.3, -0.25) is 20.0 Å². The van der Waals surface area contributed by atoms with Crippen LogP contribution in [-0.4, -0.2) is 56.0 Å². The van der Waals surface area contributed by atoms with Gasteiger partial charge in [-0.2, -0.15) is 0 Å². The number of piperidine rings is 1. The topological polar surface area (TPSA) is 52.9 Å². The zero-order chi connectivity index (χ0) is 30.3. The number of allylic oxidation sites excluding steroid dienone is 5. The number of aliphatic imine (C=N–C) groups is 2. The second-order valence-electron chi connectivity index (χ2n) is 9.55. The normalized spacial score (nSPS) is 20.0. The third-order valence-electron chi connectivity index (χ3n) is 6.33. The lowest BCUT2D eigenvalue weighted by molar-refractivity contribution is 0.0839. The van der Waals surface area contributed by atoms with Crippen LogP contribution in [0.25, 0.3) is 6.08 Å². The fraction of sp³-hybridized carbons (Fsp3) is 0.429. The van der Waals surface area contributed by atoms with E-state index in [9.17, 15) is 19.4 Å². The van der Waals surface area contributed by atoms with Crippen molar-refractivity contribution in [2.75, 3.05) is 38.7 Å². The number of hydrogen-bond donors (Lipinski definition) is 0. The maximum Gasteiger partial charge on any atom is 0.435 e. The van der Waals surface area contributed by atoms with Crippen LogP contribution in [0.15, 0.2) is 69.6 Å². The number of rotatable bonds is 10. The van der Waals surface area contributed by atoms with Crippen molar-refractivity contribution < 1.29 is 28.3 Å². The van der Waals surface area contributed by atoms with E-state index in [1.807, 2.05) is 52.3 Å². The molecule has 2 aliphatic rings. The second kappa shape index (κ2) is 12.2. The number of fused-ring (bicyclic) bond motifs is 1. The molecule has 0 unspecified atom stereocenters. The number of hydrazine groups is 1. The molecule has 0 saturated carbocycles. The van der Waals surface area contributed by atoms with E-state index in [0.29, 0.717) is 37.5 Å². The van der Waals surface area contributed by atoms with E-state index >= 15 is 0 Å². The Kier molecular flexibility index (Phi) is 9.51. The van der Waals surface area contributed by atoms with Crippen LogP contribution in [-0.2, 0) is 4.18 Å². The minimum Gasteiger partial charge on any atom is -0.495 e. The lowest BCUT2D eigenvalue weighted by atomic mass is 10.0. The maximum absolute atomic E-state index is 12.9. The van der Waals surface area contributed by atoms with Gasteiger partial charge in [0.2, 0.25) is 0 Å². The number of hydrogen-bond acceptors (Lipinski definition) is 6. The van der Waals surface area contributed by atoms with Crippen molar-refractivity contribution in [2.45, 2.75) is 46.5 Å². The zero-order valence-corrected chi connectivity index (χ0v) is 24.8. The summed E-state index contributed by atoms with van der Waals surface area (Å²) in [6.45, 7) is 6.78. The summed E-state index contributed by atoms with van der Waals surface area (Å²) in [5.74, 6) is 0.601. The molecule has 1 aromatic rings. The Morgan fingerprint density at radius 3 is 2.54 bits per heavy atom. The average Bonchev–Trinajstić information content (AvgIpc) is 3.13. The Bertz CT molecular complexity index is 1280. The minimum absolute atomic E-state index is 0.335. The fourth-order valence-corrected chi connectivity index (χ4v) is 5.20. The first-order valence-electron chi connectivity index (χ1n) is 13.3. The number of ether oxygens (including phenoxy) is 1. The smallest absolute Gasteiger partial charge is 0.435 e. The molecule has 0 N–H and O–H groups in total. The molecule has 0 aromatic heterocycles. The van der Waals surface area contributed by atoms with Crippen LogP contribution in [0.2, 0.25) is 0 Å². The first kappa shape index (κ1) is 32.0. The van der Waals surface area contributed by atoms with E-state index < -0.39 is 16.3 Å². The number of halogens is 5. The van der Waals surface area contributed by atoms with Crippen LogP contribution in [0, 0.1) is 0 Å². The van der Waals surface area contributed by atoms with Crippen molar-refractivity contribution in [3.63, 3.8) is 0 Å². The van der Waals surface area contributed by atoms with Gasteiger partial charge in [-0.25, -0.2) is 0 Å². The standard InChI is InChI=1S/C28H38F5N5O2S/c1-6-16-36(21-34-4)26-14-12-23(20-27(26)39-5)19-24-10-8-17-38-28(24)35-15-9-18-37(38)22(3)11-13-25(7-2)40-41(29,30,31,32)33/h6,11-14,16,19-21H,7-10,15,17-18H2,1-5H3/b16-6+,22-11+,24-19+,25-13+,34-21?. The summed E-state index contributed by atoms with van der Waals surface area (Å²) in [5, 5.41) is 3.95. The van der Waals surface area contributed by atoms with Crippen LogP contribution in [0.1, 0.15) is 52.0 Å². The number of benzene rings is 1. The molecule has 3 rings (SSSR count). The highest BCUT2D eigenvalue weighted by atomic mass is 32.5. The Morgan fingerprint density at radius 2 is 1.90 bits per heavy atom. The molecular formula is C28H38F5N5O2S. The van der Waals surface area contributed by atoms with Crippen LogP contribution in [0.5, 0.6) is 5.75 Å². The summed E-state index contributed by atoms with van der Waals surface area (Å²) >= 11 is 0. The van der Waals surface area contributed by atoms with Crippen LogP contribution < -0.4 is 9.64 Å². The SMILES string of the molecule is C/C=C/N(C=NC)c1ccc(/C=C2\CCCN3C2=NCCCN3/C(C)=C/C=C(\CC)OS(F)(F)(F)(F)F)cc1OC. The zero-order valence-electron chi connectivity index (χ0n) is 24.0. The Balaban J connectivity index is 1.92. The van der Waals surface area contributed by atoms with Crippen molar-refractivity contribution >= 4 is 34.4 Å². The third kappa shape index (κ3) is 9.27. The number of anilines is 1. The molecular weight excluding hydrogens is 565 g/mol. The van der Waals surface area contributed by atoms with Gasteiger partial charge >= 0.3 is 10.5 Å². The van der Waals surface area contributed by atoms with Crippen LogP contribution in [0.4, 0.5) is 25.1 Å². The van der Waals surface area contributed by atoms with E-state index in [-0.39, 0.29) is 6.42 Å². The minimum atomic E-state index is -10.0. The first-order chi connectivity index (χ1) is 19.2. The van der Waals surface area contributed by atoms with E-state index in [1.54, 1.807) is 27.4 Å². The van der Waals surface area contributed by atoms with Gasteiger partial charge in [0.1, 0.15) is 17.3 Å². The first-order valence-corrected chi connectivity index (χ1v) is 15.2. The molecule has 0 aliphatic carbocycles. The molecule has 0 bridgehead atoms. The van der Waals surface area contributed by atoms with E-state index in [2.05, 4.69) is 15.3 Å². The van der Waals surface area contributed by atoms with Crippen LogP contribution in [0.3, 0.4) is 0 Å². The predicted molar refractivity (Wildman–Crippen MR) is 159 cm³/mol. The summed E-state index contributed by atoms with van der Waals surface area (Å²) in [4.78, 5) is 10.8. The van der Waals surface area contributed by atoms with E-state index in [1.165, 1.54) is 13.0 Å². The van der Waals surface area contributed by atoms with Gasteiger partial charge in [-0.05, 0) is 74.6 Å². The summed E-state index contributed by atoms with van der Waals surface area (Å²) in [7, 11) is -6.74. The number of methoxy groups -OCH3 is 1. The third-order valence-corrected chi connectivity index (χ3v) is 6.86. The molecule has 2 aliphatic heterocycles. The molecule has 41 heavy (non-hydrogen) atoms. The monoisotopic (exact) mass is 603 g/mol. The summed E-state index contributed by atoms with van der Waals surface area (Å²) in [6, 6.07) is 5.88. The van der Waals surface area contributed by atoms with E-state index in [0.717, 1.165) is 41.6 Å². The van der Waals surface area contributed by atoms with Crippen molar-refractivity contribution in [3.05, 3.63) is 65.2 Å². The highest BCUT2D eigenvalue weighted by molar-refractivity contribution is 8.42. The molecule has 0 atom stereocenters. The van der Waals surface area contributed by atoms with Crippen molar-refractivity contribution in [3.8, 4) is 5.75 Å². The van der Waals surface area contributed by atoms with Gasteiger partial charge < -0.3 is 13.8 Å². The molecule has 13 heteroatoms. The van der Waals surface area contributed by atoms with Gasteiger partial charge in [-0.15, -0.1) is 0 Å². The largest absolute Gasteiger partial charge is 0.495 e. The van der Waals surface area contributed by atoms with Crippen LogP contribution >= 0.6 is 10.5 Å². The highest BCUT2D eigenvalue weighted by Gasteiger charge is 2.67. The Labute approximate surface area is 238 Å². The van der Waals surface area contributed by atoms with Crippen molar-refractivity contribution in [1.82, 2.24) is 10.0 Å². The molecule has 228 valence electrons. The summed E-state index contributed by atoms with van der Waals surface area (Å²) in [5.41, 5.74) is 3.35. The molecule has 1 fully saturated rings. The maximum atomic E-state index is 12.9. The van der Waals surface area contributed by atoms with Crippen molar-refractivity contribution in [1.29, 1.82) is 0 Å². The molecule has 2 heterocycles. The second-order valence-corrected chi connectivity index (χ2v) is 11.5. The summed E-state index contributed by atoms with van der Waals surface area (Å²) < 4.78 is 73.3. The van der Waals surface area contributed by atoms with Gasteiger partial charge in [0.25, 0.3) is 0 Å². The molecule has 0 amide bonds. The van der Waals surface area contributed by atoms with Gasteiger partial charge in [0, 0.05) is 45.0 Å². The lowest BCUT2D eigenvalue weighted by Gasteiger charge is -2.41. The number of nitrogens with zero attached hydrogens (tertiary/aromatic N) is 5.